The summed E-state index contributed by atoms with van der Waals surface area (Å²) in [5.41, 5.74) is 0. The summed E-state index contributed by atoms with van der Waals surface area (Å²) < 4.78 is 0. The summed E-state index contributed by atoms with van der Waals surface area (Å²) in [6.07, 6.45) is 8.19. The van der Waals surface area contributed by atoms with Crippen LogP contribution in [0, 0.1) is 11.8 Å². The van der Waals surface area contributed by atoms with E-state index in [4.69, 9.17) is 0 Å². The first-order chi connectivity index (χ1) is 8.22. The molecule has 0 spiro atoms. The molecule has 0 amide bonds. The molecule has 0 aromatic heterocycles. The smallest absolute Gasteiger partial charge is 0.308 e. The topological polar surface area (TPSA) is 40.5 Å². The highest BCUT2D eigenvalue weighted by Crippen LogP contribution is 2.32. The van der Waals surface area contributed by atoms with Crippen molar-refractivity contribution >= 4 is 5.97 Å². The number of aliphatic carboxylic acids is 1. The number of hydrogen-bond donors (Lipinski definition) is 1. The fourth-order valence-electron chi connectivity index (χ4n) is 3.59. The molecule has 3 atom stereocenters. The summed E-state index contributed by atoms with van der Waals surface area (Å²) >= 11 is 0. The van der Waals surface area contributed by atoms with E-state index < -0.39 is 5.97 Å². The van der Waals surface area contributed by atoms with Crippen molar-refractivity contribution in [2.24, 2.45) is 11.8 Å². The maximum Gasteiger partial charge on any atom is 0.308 e. The van der Waals surface area contributed by atoms with Gasteiger partial charge in [-0.1, -0.05) is 19.8 Å². The Morgan fingerprint density at radius 2 is 2.00 bits per heavy atom. The van der Waals surface area contributed by atoms with Crippen LogP contribution in [0.1, 0.15) is 51.9 Å². The molecule has 2 aliphatic rings. The Kier molecular flexibility index (Phi) is 4.43. The van der Waals surface area contributed by atoms with E-state index in [-0.39, 0.29) is 5.92 Å². The van der Waals surface area contributed by atoms with Gasteiger partial charge in [0.2, 0.25) is 0 Å². The number of nitrogens with zero attached hydrogens (tertiary/aromatic N) is 1. The SMILES string of the molecule is CCC1CCCN(C2CCCC2C(=O)O)CC1. The zero-order chi connectivity index (χ0) is 12.3. The van der Waals surface area contributed by atoms with Gasteiger partial charge < -0.3 is 5.11 Å². The third-order valence-electron chi connectivity index (χ3n) is 4.73. The van der Waals surface area contributed by atoms with Crippen molar-refractivity contribution in [2.75, 3.05) is 13.1 Å². The Hall–Kier alpha value is -0.570. The Bertz CT molecular complexity index is 267. The van der Waals surface area contributed by atoms with Gasteiger partial charge >= 0.3 is 5.97 Å². The number of likely N-dealkylation sites (tertiary alicyclic amines) is 1. The van der Waals surface area contributed by atoms with E-state index in [1.165, 1.54) is 25.7 Å². The normalized spacial score (nSPS) is 35.7. The quantitative estimate of drug-likeness (QED) is 0.823. The van der Waals surface area contributed by atoms with Gasteiger partial charge in [-0.25, -0.2) is 0 Å². The van der Waals surface area contributed by atoms with Gasteiger partial charge in [-0.3, -0.25) is 9.69 Å². The van der Waals surface area contributed by atoms with Crippen LogP contribution in [0.4, 0.5) is 0 Å². The van der Waals surface area contributed by atoms with Crippen LogP contribution in [0.2, 0.25) is 0 Å². The van der Waals surface area contributed by atoms with Crippen molar-refractivity contribution in [3.8, 4) is 0 Å². The minimum absolute atomic E-state index is 0.104. The van der Waals surface area contributed by atoms with Crippen LogP contribution in [0.15, 0.2) is 0 Å². The van der Waals surface area contributed by atoms with Crippen molar-refractivity contribution in [3.05, 3.63) is 0 Å². The summed E-state index contributed by atoms with van der Waals surface area (Å²) in [6.45, 7) is 4.51. The lowest BCUT2D eigenvalue weighted by molar-refractivity contribution is -0.143. The van der Waals surface area contributed by atoms with Crippen LogP contribution in [0.25, 0.3) is 0 Å². The van der Waals surface area contributed by atoms with Gasteiger partial charge in [0, 0.05) is 6.04 Å². The van der Waals surface area contributed by atoms with Crippen LogP contribution >= 0.6 is 0 Å². The number of carboxylic acid groups (broad SMARTS) is 1. The van der Waals surface area contributed by atoms with E-state index in [0.717, 1.165) is 38.3 Å². The minimum atomic E-state index is -0.580. The zero-order valence-electron chi connectivity index (χ0n) is 10.9. The Morgan fingerprint density at radius 3 is 2.71 bits per heavy atom. The van der Waals surface area contributed by atoms with Gasteiger partial charge in [-0.05, 0) is 51.1 Å². The molecular weight excluding hydrogens is 214 g/mol. The van der Waals surface area contributed by atoms with Crippen LogP contribution in [0.3, 0.4) is 0 Å². The van der Waals surface area contributed by atoms with Crippen LogP contribution in [0.5, 0.6) is 0 Å². The summed E-state index contributed by atoms with van der Waals surface area (Å²) in [5, 5.41) is 9.26. The maximum absolute atomic E-state index is 11.2. The van der Waals surface area contributed by atoms with Gasteiger partial charge in [0.25, 0.3) is 0 Å². The monoisotopic (exact) mass is 239 g/mol. The van der Waals surface area contributed by atoms with Gasteiger partial charge in [-0.15, -0.1) is 0 Å². The lowest BCUT2D eigenvalue weighted by Gasteiger charge is -2.30. The maximum atomic E-state index is 11.2. The number of carboxylic acids is 1. The highest BCUT2D eigenvalue weighted by atomic mass is 16.4. The van der Waals surface area contributed by atoms with E-state index in [1.807, 2.05) is 0 Å². The average Bonchev–Trinajstić information content (AvgIpc) is 2.68. The molecule has 2 rings (SSSR count). The second kappa shape index (κ2) is 5.85. The average molecular weight is 239 g/mol. The first kappa shape index (κ1) is 12.9. The van der Waals surface area contributed by atoms with Gasteiger partial charge in [0.15, 0.2) is 0 Å². The molecule has 2 fully saturated rings. The molecule has 98 valence electrons. The number of hydrogen-bond acceptors (Lipinski definition) is 2. The molecule has 0 aromatic carbocycles. The van der Waals surface area contributed by atoms with Crippen LogP contribution in [-0.4, -0.2) is 35.1 Å². The minimum Gasteiger partial charge on any atom is -0.481 e. The zero-order valence-corrected chi connectivity index (χ0v) is 10.9. The molecule has 1 aliphatic carbocycles. The van der Waals surface area contributed by atoms with Crippen LogP contribution in [-0.2, 0) is 4.79 Å². The molecule has 17 heavy (non-hydrogen) atoms. The molecule has 1 saturated heterocycles. The summed E-state index contributed by atoms with van der Waals surface area (Å²) in [5.74, 6) is 0.182. The second-order valence-corrected chi connectivity index (χ2v) is 5.68. The highest BCUT2D eigenvalue weighted by molar-refractivity contribution is 5.71. The fourth-order valence-corrected chi connectivity index (χ4v) is 3.59. The molecule has 3 unspecified atom stereocenters. The molecule has 3 nitrogen and oxygen atoms in total. The van der Waals surface area contributed by atoms with Crippen molar-refractivity contribution in [3.63, 3.8) is 0 Å². The van der Waals surface area contributed by atoms with Gasteiger partial charge in [0.05, 0.1) is 5.92 Å². The fraction of sp³-hybridized carbons (Fsp3) is 0.929. The van der Waals surface area contributed by atoms with E-state index in [0.29, 0.717) is 6.04 Å². The van der Waals surface area contributed by atoms with Crippen molar-refractivity contribution < 1.29 is 9.90 Å². The Labute approximate surface area is 104 Å². The summed E-state index contributed by atoms with van der Waals surface area (Å²) in [7, 11) is 0. The molecule has 1 N–H and O–H groups in total. The molecule has 3 heteroatoms. The largest absolute Gasteiger partial charge is 0.481 e. The first-order valence-electron chi connectivity index (χ1n) is 7.19. The predicted octanol–water partition coefficient (Wildman–Crippen LogP) is 2.75. The Morgan fingerprint density at radius 1 is 1.18 bits per heavy atom. The standard InChI is InChI=1S/C14H25NO2/c1-2-11-5-4-9-15(10-8-11)13-7-3-6-12(13)14(16)17/h11-13H,2-10H2,1H3,(H,16,17). The van der Waals surface area contributed by atoms with E-state index in [9.17, 15) is 9.90 Å². The third kappa shape index (κ3) is 3.01. The Balaban J connectivity index is 1.95. The summed E-state index contributed by atoms with van der Waals surface area (Å²) in [6, 6.07) is 0.322. The lowest BCUT2D eigenvalue weighted by atomic mass is 9.98. The van der Waals surface area contributed by atoms with Crippen molar-refractivity contribution in [1.29, 1.82) is 0 Å². The van der Waals surface area contributed by atoms with Gasteiger partial charge in [-0.2, -0.15) is 0 Å². The molecule has 0 aromatic rings. The van der Waals surface area contributed by atoms with Crippen molar-refractivity contribution in [1.82, 2.24) is 4.90 Å². The molecule has 0 radical (unpaired) electrons. The molecule has 1 saturated carbocycles. The van der Waals surface area contributed by atoms with E-state index >= 15 is 0 Å². The predicted molar refractivity (Wildman–Crippen MR) is 68.0 cm³/mol. The van der Waals surface area contributed by atoms with Crippen molar-refractivity contribution in [2.45, 2.75) is 57.9 Å². The van der Waals surface area contributed by atoms with Crippen LogP contribution < -0.4 is 0 Å². The van der Waals surface area contributed by atoms with E-state index in [2.05, 4.69) is 11.8 Å². The second-order valence-electron chi connectivity index (χ2n) is 5.68. The molecule has 1 heterocycles. The number of rotatable bonds is 3. The van der Waals surface area contributed by atoms with Gasteiger partial charge in [0.1, 0.15) is 0 Å². The van der Waals surface area contributed by atoms with E-state index in [1.54, 1.807) is 0 Å². The summed E-state index contributed by atoms with van der Waals surface area (Å²) in [4.78, 5) is 13.7. The molecule has 0 bridgehead atoms. The first-order valence-corrected chi connectivity index (χ1v) is 7.19. The highest BCUT2D eigenvalue weighted by Gasteiger charge is 2.37. The molecular formula is C14H25NO2. The molecule has 1 aliphatic heterocycles. The number of carbonyl (C=O) groups is 1. The lowest BCUT2D eigenvalue weighted by Crippen LogP contribution is -2.41. The third-order valence-corrected chi connectivity index (χ3v) is 4.73.